The summed E-state index contributed by atoms with van der Waals surface area (Å²) in [6, 6.07) is 0. The van der Waals surface area contributed by atoms with Crippen molar-refractivity contribution in [3.8, 4) is 0 Å². The van der Waals surface area contributed by atoms with E-state index in [0.29, 0.717) is 0 Å². The van der Waals surface area contributed by atoms with Gasteiger partial charge in [-0.1, -0.05) is 11.6 Å². The molecule has 0 aliphatic heterocycles. The molecule has 0 aromatic heterocycles. The van der Waals surface area contributed by atoms with E-state index in [1.807, 2.05) is 0 Å². The quantitative estimate of drug-likeness (QED) is 0.609. The maximum absolute atomic E-state index is 10.5. The second kappa shape index (κ2) is 5.73. The van der Waals surface area contributed by atoms with E-state index in [9.17, 15) is 9.59 Å². The first kappa shape index (κ1) is 9.97. The number of halogens is 1. The average molecular weight is 178 g/mol. The zero-order valence-corrected chi connectivity index (χ0v) is 6.47. The standard InChI is InChI=1S/C6H8ClNO3/c7-3-1-5(9)8-4-2-6(10)11/h1,3H,2,4H2,(H,8,9)(H,10,11). The number of nitrogens with one attached hydrogen (secondary N) is 1. The van der Waals surface area contributed by atoms with Crippen LogP contribution in [0.5, 0.6) is 0 Å². The third-order valence-corrected chi connectivity index (χ3v) is 0.978. The Morgan fingerprint density at radius 2 is 2.18 bits per heavy atom. The van der Waals surface area contributed by atoms with Gasteiger partial charge in [0.2, 0.25) is 5.91 Å². The fourth-order valence-corrected chi connectivity index (χ4v) is 0.523. The Morgan fingerprint density at radius 1 is 1.55 bits per heavy atom. The molecule has 0 unspecified atom stereocenters. The van der Waals surface area contributed by atoms with Crippen LogP contribution >= 0.6 is 11.6 Å². The number of rotatable bonds is 4. The van der Waals surface area contributed by atoms with Gasteiger partial charge >= 0.3 is 5.97 Å². The van der Waals surface area contributed by atoms with E-state index in [0.717, 1.165) is 11.6 Å². The number of aliphatic carboxylic acids is 1. The second-order valence-corrected chi connectivity index (χ2v) is 1.98. The molecule has 0 spiro atoms. The summed E-state index contributed by atoms with van der Waals surface area (Å²) in [5.74, 6) is -1.33. The van der Waals surface area contributed by atoms with Crippen molar-refractivity contribution < 1.29 is 14.7 Å². The predicted molar refractivity (Wildman–Crippen MR) is 40.3 cm³/mol. The van der Waals surface area contributed by atoms with Crippen LogP contribution in [-0.4, -0.2) is 23.5 Å². The van der Waals surface area contributed by atoms with E-state index in [1.165, 1.54) is 0 Å². The molecule has 0 aliphatic carbocycles. The van der Waals surface area contributed by atoms with E-state index in [-0.39, 0.29) is 18.9 Å². The van der Waals surface area contributed by atoms with Crippen molar-refractivity contribution >= 4 is 23.5 Å². The molecule has 0 rings (SSSR count). The number of carbonyl (C=O) groups excluding carboxylic acids is 1. The summed E-state index contributed by atoms with van der Waals surface area (Å²) >= 11 is 5.08. The van der Waals surface area contributed by atoms with Crippen molar-refractivity contribution in [3.63, 3.8) is 0 Å². The smallest absolute Gasteiger partial charge is 0.305 e. The summed E-state index contributed by atoms with van der Waals surface area (Å²) < 4.78 is 0. The fourth-order valence-electron chi connectivity index (χ4n) is 0.409. The van der Waals surface area contributed by atoms with Gasteiger partial charge in [-0.05, 0) is 0 Å². The first-order chi connectivity index (χ1) is 5.16. The summed E-state index contributed by atoms with van der Waals surface area (Å²) in [6.45, 7) is 0.120. The van der Waals surface area contributed by atoms with Crippen LogP contribution in [0.1, 0.15) is 6.42 Å². The third-order valence-electron chi connectivity index (χ3n) is 0.852. The minimum atomic E-state index is -0.944. The summed E-state index contributed by atoms with van der Waals surface area (Å²) in [5, 5.41) is 10.5. The van der Waals surface area contributed by atoms with Gasteiger partial charge in [-0.25, -0.2) is 0 Å². The summed E-state index contributed by atoms with van der Waals surface area (Å²) in [5.41, 5.74) is 1.07. The highest BCUT2D eigenvalue weighted by Gasteiger charge is 1.97. The van der Waals surface area contributed by atoms with Gasteiger partial charge in [0.25, 0.3) is 0 Å². The van der Waals surface area contributed by atoms with Gasteiger partial charge in [-0.2, -0.15) is 0 Å². The van der Waals surface area contributed by atoms with Crippen LogP contribution < -0.4 is 5.32 Å². The van der Waals surface area contributed by atoms with Crippen molar-refractivity contribution in [2.24, 2.45) is 0 Å². The molecule has 0 saturated heterocycles. The van der Waals surface area contributed by atoms with Crippen LogP contribution in [0.4, 0.5) is 0 Å². The molecule has 5 heteroatoms. The highest BCUT2D eigenvalue weighted by molar-refractivity contribution is 6.26. The fraction of sp³-hybridized carbons (Fsp3) is 0.333. The van der Waals surface area contributed by atoms with Gasteiger partial charge in [0.1, 0.15) is 0 Å². The Morgan fingerprint density at radius 3 is 2.64 bits per heavy atom. The lowest BCUT2D eigenvalue weighted by Crippen LogP contribution is -2.23. The molecule has 0 aliphatic rings. The largest absolute Gasteiger partial charge is 0.481 e. The van der Waals surface area contributed by atoms with Crippen LogP contribution in [0.2, 0.25) is 0 Å². The lowest BCUT2D eigenvalue weighted by molar-refractivity contribution is -0.136. The molecule has 0 fully saturated rings. The summed E-state index contributed by atoms with van der Waals surface area (Å²) in [4.78, 5) is 20.5. The maximum Gasteiger partial charge on any atom is 0.305 e. The zero-order valence-electron chi connectivity index (χ0n) is 5.71. The highest BCUT2D eigenvalue weighted by Crippen LogP contribution is 1.79. The normalized spacial score (nSPS) is 9.91. The number of carbonyl (C=O) groups is 2. The Hall–Kier alpha value is -1.03. The number of carboxylic acid groups (broad SMARTS) is 1. The molecule has 11 heavy (non-hydrogen) atoms. The molecule has 0 aromatic carbocycles. The van der Waals surface area contributed by atoms with Crippen LogP contribution in [0.15, 0.2) is 11.6 Å². The Bertz CT molecular complexity index is 179. The molecule has 62 valence electrons. The molecule has 4 nitrogen and oxygen atoms in total. The van der Waals surface area contributed by atoms with Gasteiger partial charge in [0.05, 0.1) is 6.42 Å². The minimum Gasteiger partial charge on any atom is -0.481 e. The number of amides is 1. The zero-order chi connectivity index (χ0) is 8.69. The van der Waals surface area contributed by atoms with Crippen LogP contribution in [0, 0.1) is 0 Å². The van der Waals surface area contributed by atoms with E-state index < -0.39 is 5.97 Å². The first-order valence-corrected chi connectivity index (χ1v) is 3.37. The van der Waals surface area contributed by atoms with Gasteiger partial charge in [-0.3, -0.25) is 9.59 Å². The molecule has 0 aromatic rings. The van der Waals surface area contributed by atoms with Gasteiger partial charge < -0.3 is 10.4 Å². The van der Waals surface area contributed by atoms with Crippen LogP contribution in [0.25, 0.3) is 0 Å². The first-order valence-electron chi connectivity index (χ1n) is 2.93. The molecule has 0 saturated carbocycles. The molecule has 0 heterocycles. The predicted octanol–water partition coefficient (Wildman–Crippen LogP) is 0.330. The van der Waals surface area contributed by atoms with Gasteiger partial charge in [0.15, 0.2) is 0 Å². The summed E-state index contributed by atoms with van der Waals surface area (Å²) in [6.07, 6.45) is 1.03. The van der Waals surface area contributed by atoms with Gasteiger partial charge in [0, 0.05) is 18.2 Å². The molecular weight excluding hydrogens is 170 g/mol. The van der Waals surface area contributed by atoms with E-state index in [1.54, 1.807) is 0 Å². The molecule has 2 N–H and O–H groups in total. The monoisotopic (exact) mass is 177 g/mol. The van der Waals surface area contributed by atoms with Crippen LogP contribution in [-0.2, 0) is 9.59 Å². The number of hydrogen-bond acceptors (Lipinski definition) is 2. The Kier molecular flexibility index (Phi) is 5.20. The average Bonchev–Trinajstić information content (AvgIpc) is 1.87. The van der Waals surface area contributed by atoms with Crippen molar-refractivity contribution in [3.05, 3.63) is 11.6 Å². The minimum absolute atomic E-state index is 0.0815. The Labute approximate surface area is 68.8 Å². The van der Waals surface area contributed by atoms with Crippen molar-refractivity contribution in [2.75, 3.05) is 6.54 Å². The SMILES string of the molecule is O=C(O)CCNC(=O)C=CCl. The van der Waals surface area contributed by atoms with Crippen molar-refractivity contribution in [2.45, 2.75) is 6.42 Å². The van der Waals surface area contributed by atoms with Crippen LogP contribution in [0.3, 0.4) is 0 Å². The Balaban J connectivity index is 3.39. The van der Waals surface area contributed by atoms with Crippen molar-refractivity contribution in [1.29, 1.82) is 0 Å². The third kappa shape index (κ3) is 6.86. The topological polar surface area (TPSA) is 66.4 Å². The lowest BCUT2D eigenvalue weighted by Gasteiger charge is -1.96. The van der Waals surface area contributed by atoms with E-state index >= 15 is 0 Å². The molecule has 0 bridgehead atoms. The van der Waals surface area contributed by atoms with E-state index in [4.69, 9.17) is 16.7 Å². The highest BCUT2D eigenvalue weighted by atomic mass is 35.5. The summed E-state index contributed by atoms with van der Waals surface area (Å²) in [7, 11) is 0. The number of carboxylic acids is 1. The lowest BCUT2D eigenvalue weighted by atomic mass is 10.4. The van der Waals surface area contributed by atoms with Gasteiger partial charge in [-0.15, -0.1) is 0 Å². The van der Waals surface area contributed by atoms with E-state index in [2.05, 4.69) is 5.32 Å². The molecule has 0 atom stereocenters. The maximum atomic E-state index is 10.5. The van der Waals surface area contributed by atoms with Crippen molar-refractivity contribution in [1.82, 2.24) is 5.32 Å². The molecule has 0 radical (unpaired) electrons. The molecule has 1 amide bonds. The number of hydrogen-bond donors (Lipinski definition) is 2. The molecular formula is C6H8ClNO3. The second-order valence-electron chi connectivity index (χ2n) is 1.73.